The SMILES string of the molecule is COc1ccc(C(=O)CC2CCNCC2)cc1. The van der Waals surface area contributed by atoms with Crippen molar-refractivity contribution < 1.29 is 9.53 Å². The average Bonchev–Trinajstić information content (AvgIpc) is 2.40. The molecule has 92 valence electrons. The van der Waals surface area contributed by atoms with Crippen LogP contribution in [0, 0.1) is 5.92 Å². The Balaban J connectivity index is 1.93. The molecule has 2 rings (SSSR count). The van der Waals surface area contributed by atoms with Crippen LogP contribution >= 0.6 is 0 Å². The molecular weight excluding hydrogens is 214 g/mol. The number of nitrogens with one attached hydrogen (secondary N) is 1. The van der Waals surface area contributed by atoms with Gasteiger partial charge in [0.25, 0.3) is 0 Å². The van der Waals surface area contributed by atoms with Gasteiger partial charge in [0.05, 0.1) is 7.11 Å². The minimum atomic E-state index is 0.250. The monoisotopic (exact) mass is 233 g/mol. The summed E-state index contributed by atoms with van der Waals surface area (Å²) < 4.78 is 5.08. The van der Waals surface area contributed by atoms with Crippen LogP contribution in [0.15, 0.2) is 24.3 Å². The third-order valence-electron chi connectivity index (χ3n) is 3.34. The zero-order valence-electron chi connectivity index (χ0n) is 10.2. The van der Waals surface area contributed by atoms with Crippen LogP contribution in [-0.4, -0.2) is 26.0 Å². The quantitative estimate of drug-likeness (QED) is 0.811. The van der Waals surface area contributed by atoms with Crippen molar-refractivity contribution in [2.24, 2.45) is 5.92 Å². The maximum atomic E-state index is 12.1. The standard InChI is InChI=1S/C14H19NO2/c1-17-13-4-2-12(3-5-13)14(16)10-11-6-8-15-9-7-11/h2-5,11,15H,6-10H2,1H3. The Morgan fingerprint density at radius 1 is 1.29 bits per heavy atom. The topological polar surface area (TPSA) is 38.3 Å². The molecule has 1 aliphatic heterocycles. The molecule has 1 heterocycles. The summed E-state index contributed by atoms with van der Waals surface area (Å²) in [7, 11) is 1.63. The molecule has 3 nitrogen and oxygen atoms in total. The highest BCUT2D eigenvalue weighted by atomic mass is 16.5. The molecule has 0 saturated carbocycles. The molecule has 0 aromatic heterocycles. The van der Waals surface area contributed by atoms with Gasteiger partial charge in [0.15, 0.2) is 5.78 Å². The largest absolute Gasteiger partial charge is 0.497 e. The molecule has 0 aliphatic carbocycles. The Morgan fingerprint density at radius 3 is 2.53 bits per heavy atom. The van der Waals surface area contributed by atoms with Crippen LogP contribution in [0.1, 0.15) is 29.6 Å². The first-order chi connectivity index (χ1) is 8.29. The normalized spacial score (nSPS) is 16.8. The number of hydrogen-bond acceptors (Lipinski definition) is 3. The summed E-state index contributed by atoms with van der Waals surface area (Å²) in [4.78, 5) is 12.1. The van der Waals surface area contributed by atoms with Gasteiger partial charge in [0.1, 0.15) is 5.75 Å². The number of carbonyl (C=O) groups is 1. The summed E-state index contributed by atoms with van der Waals surface area (Å²) >= 11 is 0. The molecule has 0 bridgehead atoms. The average molecular weight is 233 g/mol. The fourth-order valence-electron chi connectivity index (χ4n) is 2.24. The number of benzene rings is 1. The van der Waals surface area contributed by atoms with Gasteiger partial charge in [-0.05, 0) is 56.1 Å². The minimum absolute atomic E-state index is 0.250. The summed E-state index contributed by atoms with van der Waals surface area (Å²) in [6.07, 6.45) is 2.90. The van der Waals surface area contributed by atoms with E-state index in [1.165, 1.54) is 0 Å². The number of Topliss-reactive ketones (excluding diaryl/α,β-unsaturated/α-hetero) is 1. The van der Waals surface area contributed by atoms with Crippen LogP contribution in [0.2, 0.25) is 0 Å². The Hall–Kier alpha value is -1.35. The van der Waals surface area contributed by atoms with Gasteiger partial charge in [-0.2, -0.15) is 0 Å². The molecule has 1 N–H and O–H groups in total. The van der Waals surface area contributed by atoms with Crippen LogP contribution in [0.25, 0.3) is 0 Å². The first-order valence-corrected chi connectivity index (χ1v) is 6.17. The lowest BCUT2D eigenvalue weighted by Crippen LogP contribution is -2.28. The van der Waals surface area contributed by atoms with E-state index in [0.717, 1.165) is 37.2 Å². The fourth-order valence-corrected chi connectivity index (χ4v) is 2.24. The lowest BCUT2D eigenvalue weighted by Gasteiger charge is -2.21. The number of ketones is 1. The number of hydrogen-bond donors (Lipinski definition) is 1. The molecule has 1 aromatic carbocycles. The minimum Gasteiger partial charge on any atom is -0.497 e. The number of carbonyl (C=O) groups excluding carboxylic acids is 1. The van der Waals surface area contributed by atoms with Gasteiger partial charge < -0.3 is 10.1 Å². The highest BCUT2D eigenvalue weighted by Crippen LogP contribution is 2.20. The molecule has 0 unspecified atom stereocenters. The highest BCUT2D eigenvalue weighted by Gasteiger charge is 2.17. The number of ether oxygens (including phenoxy) is 1. The Morgan fingerprint density at radius 2 is 1.94 bits per heavy atom. The van der Waals surface area contributed by atoms with Crippen LogP contribution < -0.4 is 10.1 Å². The predicted molar refractivity (Wildman–Crippen MR) is 67.5 cm³/mol. The summed E-state index contributed by atoms with van der Waals surface area (Å²) in [6, 6.07) is 7.38. The van der Waals surface area contributed by atoms with Gasteiger partial charge in [-0.3, -0.25) is 4.79 Å². The van der Waals surface area contributed by atoms with Crippen LogP contribution in [0.3, 0.4) is 0 Å². The van der Waals surface area contributed by atoms with Gasteiger partial charge in [0.2, 0.25) is 0 Å². The van der Waals surface area contributed by atoms with Crippen molar-refractivity contribution in [2.45, 2.75) is 19.3 Å². The van der Waals surface area contributed by atoms with Crippen molar-refractivity contribution in [3.63, 3.8) is 0 Å². The molecule has 0 atom stereocenters. The molecule has 0 amide bonds. The summed E-state index contributed by atoms with van der Waals surface area (Å²) in [5.74, 6) is 1.59. The Bertz CT molecular complexity index is 366. The van der Waals surface area contributed by atoms with Crippen LogP contribution in [0.4, 0.5) is 0 Å². The molecule has 1 saturated heterocycles. The van der Waals surface area contributed by atoms with Crippen molar-refractivity contribution in [3.8, 4) is 5.75 Å². The second kappa shape index (κ2) is 5.82. The van der Waals surface area contributed by atoms with Crippen molar-refractivity contribution in [2.75, 3.05) is 20.2 Å². The lowest BCUT2D eigenvalue weighted by atomic mass is 9.91. The number of methoxy groups -OCH3 is 1. The van der Waals surface area contributed by atoms with E-state index in [4.69, 9.17) is 4.74 Å². The first-order valence-electron chi connectivity index (χ1n) is 6.17. The van der Waals surface area contributed by atoms with E-state index in [1.807, 2.05) is 24.3 Å². The third kappa shape index (κ3) is 3.30. The maximum absolute atomic E-state index is 12.1. The second-order valence-electron chi connectivity index (χ2n) is 4.55. The second-order valence-corrected chi connectivity index (χ2v) is 4.55. The molecule has 1 aromatic rings. The molecule has 0 spiro atoms. The molecule has 17 heavy (non-hydrogen) atoms. The Labute approximate surface area is 102 Å². The van der Waals surface area contributed by atoms with E-state index in [0.29, 0.717) is 12.3 Å². The zero-order valence-corrected chi connectivity index (χ0v) is 10.2. The van der Waals surface area contributed by atoms with E-state index in [2.05, 4.69) is 5.32 Å². The zero-order chi connectivity index (χ0) is 12.1. The number of piperidine rings is 1. The summed E-state index contributed by atoms with van der Waals surface area (Å²) in [6.45, 7) is 2.08. The molecule has 0 radical (unpaired) electrons. The summed E-state index contributed by atoms with van der Waals surface area (Å²) in [5, 5.41) is 3.31. The van der Waals surface area contributed by atoms with Crippen molar-refractivity contribution in [1.29, 1.82) is 0 Å². The van der Waals surface area contributed by atoms with Crippen molar-refractivity contribution in [3.05, 3.63) is 29.8 Å². The van der Waals surface area contributed by atoms with Gasteiger partial charge in [-0.15, -0.1) is 0 Å². The van der Waals surface area contributed by atoms with Crippen molar-refractivity contribution in [1.82, 2.24) is 5.32 Å². The highest BCUT2D eigenvalue weighted by molar-refractivity contribution is 5.96. The number of rotatable bonds is 4. The lowest BCUT2D eigenvalue weighted by molar-refractivity contribution is 0.0952. The van der Waals surface area contributed by atoms with Gasteiger partial charge >= 0.3 is 0 Å². The predicted octanol–water partition coefficient (Wildman–Crippen LogP) is 2.27. The van der Waals surface area contributed by atoms with Crippen molar-refractivity contribution >= 4 is 5.78 Å². The van der Waals surface area contributed by atoms with E-state index >= 15 is 0 Å². The third-order valence-corrected chi connectivity index (χ3v) is 3.34. The molecule has 1 aliphatic rings. The smallest absolute Gasteiger partial charge is 0.163 e. The van der Waals surface area contributed by atoms with Crippen LogP contribution in [0.5, 0.6) is 5.75 Å². The molecular formula is C14H19NO2. The fraction of sp³-hybridized carbons (Fsp3) is 0.500. The van der Waals surface area contributed by atoms with E-state index < -0.39 is 0 Å². The Kier molecular flexibility index (Phi) is 4.15. The maximum Gasteiger partial charge on any atom is 0.163 e. The molecule has 1 fully saturated rings. The van der Waals surface area contributed by atoms with Crippen LogP contribution in [-0.2, 0) is 0 Å². The summed E-state index contributed by atoms with van der Waals surface area (Å²) in [5.41, 5.74) is 0.796. The van der Waals surface area contributed by atoms with Gasteiger partial charge in [0, 0.05) is 12.0 Å². The van der Waals surface area contributed by atoms with E-state index in [-0.39, 0.29) is 5.78 Å². The van der Waals surface area contributed by atoms with E-state index in [9.17, 15) is 4.79 Å². The van der Waals surface area contributed by atoms with Gasteiger partial charge in [-0.1, -0.05) is 0 Å². The molecule has 3 heteroatoms. The van der Waals surface area contributed by atoms with E-state index in [1.54, 1.807) is 7.11 Å². The first kappa shape index (κ1) is 12.1. The van der Waals surface area contributed by atoms with Gasteiger partial charge in [-0.25, -0.2) is 0 Å².